The van der Waals surface area contributed by atoms with Gasteiger partial charge in [0.05, 0.1) is 29.4 Å². The summed E-state index contributed by atoms with van der Waals surface area (Å²) in [6.45, 7) is -1.77. The second-order valence-electron chi connectivity index (χ2n) is 6.25. The van der Waals surface area contributed by atoms with Crippen molar-refractivity contribution < 1.29 is 46.6 Å². The summed E-state index contributed by atoms with van der Waals surface area (Å²) in [5, 5.41) is 25.1. The number of hydrogen-bond acceptors (Lipinski definition) is 9. The lowest BCUT2D eigenvalue weighted by atomic mass is 10.0. The van der Waals surface area contributed by atoms with Gasteiger partial charge in [-0.1, -0.05) is 27.0 Å². The lowest BCUT2D eigenvalue weighted by Crippen LogP contribution is -2.36. The average molecular weight is 579 g/mol. The normalized spacial score (nSPS) is 11.8. The lowest BCUT2D eigenvalue weighted by molar-refractivity contribution is -0.496. The first-order valence-corrected chi connectivity index (χ1v) is 13.2. The Bertz CT molecular complexity index is 1050. The molecule has 0 fully saturated rings. The number of nitrogens with zero attached hydrogens (tertiary/aromatic N) is 3. The summed E-state index contributed by atoms with van der Waals surface area (Å²) in [6.07, 6.45) is -0.422. The molecule has 0 aliphatic carbocycles. The summed E-state index contributed by atoms with van der Waals surface area (Å²) >= 11 is 3.11. The molecule has 0 saturated heterocycles. The van der Waals surface area contributed by atoms with Crippen LogP contribution in [0.25, 0.3) is 0 Å². The van der Waals surface area contributed by atoms with Gasteiger partial charge < -0.3 is 15.1 Å². The van der Waals surface area contributed by atoms with Crippen LogP contribution in [0.5, 0.6) is 0 Å². The molecule has 1 amide bonds. The summed E-state index contributed by atoms with van der Waals surface area (Å²) in [5.41, 5.74) is -1.93. The summed E-state index contributed by atoms with van der Waals surface area (Å²) in [4.78, 5) is 52.5. The highest BCUT2D eigenvalue weighted by molar-refractivity contribution is 9.09. The van der Waals surface area contributed by atoms with E-state index >= 15 is 0 Å². The first kappa shape index (κ1) is 28.8. The number of carbonyl (C=O) groups is 1. The maximum absolute atomic E-state index is 12.6. The number of nitro groups is 2. The van der Waals surface area contributed by atoms with E-state index in [1.165, 1.54) is 6.07 Å². The Morgan fingerprint density at radius 1 is 1.27 bits per heavy atom. The molecule has 0 bridgehead atoms. The number of aryl methyl sites for hydroxylation is 1. The van der Waals surface area contributed by atoms with Crippen LogP contribution in [0.15, 0.2) is 12.1 Å². The zero-order valence-corrected chi connectivity index (χ0v) is 20.0. The zero-order chi connectivity index (χ0) is 25.4. The molecule has 33 heavy (non-hydrogen) atoms. The van der Waals surface area contributed by atoms with Crippen LogP contribution in [0.4, 0.5) is 11.4 Å². The van der Waals surface area contributed by atoms with Crippen LogP contribution in [-0.2, 0) is 25.6 Å². The van der Waals surface area contributed by atoms with Crippen LogP contribution >= 0.6 is 23.8 Å². The second-order valence-corrected chi connectivity index (χ2v) is 9.85. The van der Waals surface area contributed by atoms with E-state index in [0.29, 0.717) is 0 Å². The topological polar surface area (TPSA) is 240 Å². The van der Waals surface area contributed by atoms with E-state index in [-0.39, 0.29) is 22.3 Å². The Labute approximate surface area is 195 Å². The quantitative estimate of drug-likeness (QED) is 0.0592. The van der Waals surface area contributed by atoms with Crippen LogP contribution in [0.3, 0.4) is 0 Å². The number of nitrogens with one attached hydrogen (secondary N) is 1. The number of halogens is 1. The fourth-order valence-corrected chi connectivity index (χ4v) is 3.92. The third-order valence-electron chi connectivity index (χ3n) is 3.90. The third-order valence-corrected chi connectivity index (χ3v) is 5.62. The fraction of sp³-hybridized carbons (Fsp3) is 0.500. The van der Waals surface area contributed by atoms with E-state index in [2.05, 4.69) is 25.8 Å². The molecule has 1 aromatic rings. The van der Waals surface area contributed by atoms with Gasteiger partial charge in [-0.15, -0.1) is 0 Å². The van der Waals surface area contributed by atoms with Crippen LogP contribution < -0.4 is 10.3 Å². The predicted molar refractivity (Wildman–Crippen MR) is 116 cm³/mol. The number of rotatable bonds is 14. The zero-order valence-electron chi connectivity index (χ0n) is 16.7. The molecule has 19 heteroatoms. The van der Waals surface area contributed by atoms with Gasteiger partial charge in [-0.3, -0.25) is 24.0 Å². The van der Waals surface area contributed by atoms with Crippen molar-refractivity contribution in [1.82, 2.24) is 5.32 Å². The number of hydrogen-bond donors (Lipinski definition) is 4. The Hall–Kier alpha value is -2.21. The van der Waals surface area contributed by atoms with Crippen molar-refractivity contribution in [3.05, 3.63) is 43.5 Å². The molecule has 0 aliphatic heterocycles. The van der Waals surface area contributed by atoms with E-state index in [1.807, 2.05) is 0 Å². The van der Waals surface area contributed by atoms with Crippen LogP contribution in [0.2, 0.25) is 0 Å². The maximum atomic E-state index is 12.6. The highest BCUT2D eigenvalue weighted by atomic mass is 79.9. The summed E-state index contributed by atoms with van der Waals surface area (Å²) in [7, 11) is -9.28. The van der Waals surface area contributed by atoms with E-state index in [9.17, 15) is 38.0 Å². The minimum absolute atomic E-state index is 0.0508. The molecule has 1 rings (SSSR count). The Balaban J connectivity index is 3.44. The average Bonchev–Trinajstić information content (AvgIpc) is 2.66. The van der Waals surface area contributed by atoms with Crippen molar-refractivity contribution in [1.29, 1.82) is 0 Å². The number of phosphoric acid groups is 1. The number of anilines is 1. The molecule has 16 nitrogen and oxygen atoms in total. The maximum Gasteiger partial charge on any atom is 0.469 e. The molecule has 1 aromatic carbocycles. The number of alkyl halides is 1. The Morgan fingerprint density at radius 3 is 2.39 bits per heavy atom. The number of amides is 1. The Morgan fingerprint density at radius 2 is 1.91 bits per heavy atom. The molecule has 0 saturated carbocycles. The third kappa shape index (κ3) is 9.66. The van der Waals surface area contributed by atoms with E-state index in [1.54, 1.807) is 0 Å². The van der Waals surface area contributed by atoms with Gasteiger partial charge in [-0.05, 0) is 18.9 Å². The molecule has 186 valence electrons. The Kier molecular flexibility index (Phi) is 10.8. The minimum Gasteiger partial charge on any atom is -0.350 e. The molecule has 0 spiro atoms. The lowest BCUT2D eigenvalue weighted by Gasteiger charge is -2.19. The number of phosphoric ester groups is 1. The first-order chi connectivity index (χ1) is 15.2. The van der Waals surface area contributed by atoms with Crippen molar-refractivity contribution >= 4 is 51.2 Å². The van der Waals surface area contributed by atoms with Gasteiger partial charge in [0, 0.05) is 17.4 Å². The van der Waals surface area contributed by atoms with Crippen LogP contribution in [-0.4, -0.2) is 69.4 Å². The SMILES string of the molecule is O=C(NCCOP(=O)(O)O)c1ccc(CCBr)c([N+](=O)[O-])c1N(CCCS(=O)(=O)O)[N+](=O)[O-]. The second kappa shape index (κ2) is 12.3. The number of carbonyl (C=O) groups excluding carboxylic acids is 1. The molecule has 0 unspecified atom stereocenters. The molecule has 0 aromatic heterocycles. The van der Waals surface area contributed by atoms with Crippen molar-refractivity contribution in [3.8, 4) is 0 Å². The summed E-state index contributed by atoms with van der Waals surface area (Å²) < 4.78 is 45.6. The number of nitro benzene ring substituents is 1. The number of hydrazine groups is 1. The highest BCUT2D eigenvalue weighted by Crippen LogP contribution is 2.37. The number of benzene rings is 1. The van der Waals surface area contributed by atoms with E-state index in [4.69, 9.17) is 14.3 Å². The molecular weight excluding hydrogens is 559 g/mol. The van der Waals surface area contributed by atoms with Gasteiger partial charge in [0.1, 0.15) is 0 Å². The van der Waals surface area contributed by atoms with Gasteiger partial charge in [0.2, 0.25) is 0 Å². The molecule has 0 radical (unpaired) electrons. The van der Waals surface area contributed by atoms with Crippen LogP contribution in [0, 0.1) is 20.2 Å². The van der Waals surface area contributed by atoms with Gasteiger partial charge in [0.15, 0.2) is 10.7 Å². The van der Waals surface area contributed by atoms with Gasteiger partial charge >= 0.3 is 13.5 Å². The monoisotopic (exact) mass is 578 g/mol. The molecule has 0 aliphatic rings. The first-order valence-electron chi connectivity index (χ1n) is 8.89. The standard InChI is InChI=1S/C14H20BrN4O12PS/c15-5-4-10-2-3-11(14(20)16-6-8-31-32(25,26)27)13(12(10)18(21)22)17(19(23)24)7-1-9-33(28,29)30/h2-3H,1,4-9H2,(H,16,20)(H2,25,26,27)(H,28,29,30). The predicted octanol–water partition coefficient (Wildman–Crippen LogP) is 0.647. The van der Waals surface area contributed by atoms with Crippen molar-refractivity contribution in [2.24, 2.45) is 0 Å². The summed E-state index contributed by atoms with van der Waals surface area (Å²) in [6, 6.07) is 2.32. The van der Waals surface area contributed by atoms with Gasteiger partial charge in [-0.25, -0.2) is 14.7 Å². The van der Waals surface area contributed by atoms with Crippen molar-refractivity contribution in [2.45, 2.75) is 12.8 Å². The van der Waals surface area contributed by atoms with Crippen LogP contribution in [0.1, 0.15) is 22.3 Å². The summed E-state index contributed by atoms with van der Waals surface area (Å²) in [5.74, 6) is -1.91. The molecule has 4 N–H and O–H groups in total. The largest absolute Gasteiger partial charge is 0.469 e. The minimum atomic E-state index is -4.81. The van der Waals surface area contributed by atoms with Crippen molar-refractivity contribution in [3.63, 3.8) is 0 Å². The van der Waals surface area contributed by atoms with Gasteiger partial charge in [-0.2, -0.15) is 8.42 Å². The van der Waals surface area contributed by atoms with E-state index < -0.39 is 82.6 Å². The van der Waals surface area contributed by atoms with Crippen molar-refractivity contribution in [2.75, 3.05) is 35.8 Å². The molecule has 0 heterocycles. The highest BCUT2D eigenvalue weighted by Gasteiger charge is 2.35. The van der Waals surface area contributed by atoms with E-state index in [0.717, 1.165) is 6.07 Å². The smallest absolute Gasteiger partial charge is 0.350 e. The fourth-order valence-electron chi connectivity index (χ4n) is 2.67. The molecular formula is C14H20BrN4O12PS. The molecule has 0 atom stereocenters. The van der Waals surface area contributed by atoms with Gasteiger partial charge in [0.25, 0.3) is 16.0 Å².